The average Bonchev–Trinajstić information content (AvgIpc) is 3.18. The number of aromatic nitrogens is 1. The van der Waals surface area contributed by atoms with Crippen molar-refractivity contribution in [2.24, 2.45) is 0 Å². The number of Topliss-reactive ketones (excluding diaryl/α,β-unsaturated/α-hetero) is 1. The van der Waals surface area contributed by atoms with Crippen LogP contribution in [-0.4, -0.2) is 23.5 Å². The number of nitrogens with one attached hydrogen (secondary N) is 1. The van der Waals surface area contributed by atoms with Crippen molar-refractivity contribution in [3.05, 3.63) is 41.7 Å². The number of ketones is 1. The molecule has 1 fully saturated rings. The largest absolute Gasteiger partial charge is 0.360 e. The van der Waals surface area contributed by atoms with Crippen LogP contribution in [0.15, 0.2) is 34.9 Å². The highest BCUT2D eigenvalue weighted by molar-refractivity contribution is 6.02. The Bertz CT molecular complexity index is 628. The third kappa shape index (κ3) is 3.12. The van der Waals surface area contributed by atoms with Crippen LogP contribution in [0.5, 0.6) is 0 Å². The second kappa shape index (κ2) is 6.88. The van der Waals surface area contributed by atoms with Gasteiger partial charge in [0.15, 0.2) is 5.78 Å². The van der Waals surface area contributed by atoms with Gasteiger partial charge < -0.3 is 9.84 Å². The molecule has 1 atom stereocenters. The molecule has 116 valence electrons. The molecular weight excluding hydrogens is 276 g/mol. The van der Waals surface area contributed by atoms with Crippen molar-refractivity contribution < 1.29 is 9.32 Å². The van der Waals surface area contributed by atoms with Gasteiger partial charge in [-0.15, -0.1) is 0 Å². The van der Waals surface area contributed by atoms with Crippen LogP contribution in [0.2, 0.25) is 0 Å². The number of hydrogen-bond acceptors (Lipinski definition) is 4. The van der Waals surface area contributed by atoms with Crippen LogP contribution in [0.3, 0.4) is 0 Å². The fraction of sp³-hybridized carbons (Fsp3) is 0.444. The number of carbonyl (C=O) groups excluding carboxylic acids is 1. The van der Waals surface area contributed by atoms with E-state index in [4.69, 9.17) is 4.52 Å². The van der Waals surface area contributed by atoms with E-state index in [1.54, 1.807) is 0 Å². The number of rotatable bonds is 6. The van der Waals surface area contributed by atoms with Gasteiger partial charge in [0.1, 0.15) is 11.5 Å². The highest BCUT2D eigenvalue weighted by atomic mass is 16.5. The summed E-state index contributed by atoms with van der Waals surface area (Å²) in [6, 6.07) is 10.2. The summed E-state index contributed by atoms with van der Waals surface area (Å²) in [5, 5.41) is 7.66. The molecule has 2 heterocycles. The van der Waals surface area contributed by atoms with Gasteiger partial charge in [0.2, 0.25) is 0 Å². The SMILES string of the molecule is CCCC(=O)c1c(-c2ccccc2)noc1CC1CCCN1. The molecule has 0 bridgehead atoms. The van der Waals surface area contributed by atoms with Crippen molar-refractivity contribution in [1.29, 1.82) is 0 Å². The first-order chi connectivity index (χ1) is 10.8. The molecule has 1 unspecified atom stereocenters. The van der Waals surface area contributed by atoms with Crippen LogP contribution in [0.1, 0.15) is 48.7 Å². The van der Waals surface area contributed by atoms with E-state index in [-0.39, 0.29) is 5.78 Å². The lowest BCUT2D eigenvalue weighted by Gasteiger charge is -2.08. The minimum atomic E-state index is 0.135. The van der Waals surface area contributed by atoms with Gasteiger partial charge in [-0.3, -0.25) is 4.79 Å². The van der Waals surface area contributed by atoms with E-state index < -0.39 is 0 Å². The van der Waals surface area contributed by atoms with Gasteiger partial charge in [-0.2, -0.15) is 0 Å². The molecule has 2 aromatic rings. The molecule has 1 aliphatic heterocycles. The molecule has 4 heteroatoms. The minimum Gasteiger partial charge on any atom is -0.360 e. The Balaban J connectivity index is 1.95. The molecule has 4 nitrogen and oxygen atoms in total. The quantitative estimate of drug-likeness (QED) is 0.828. The zero-order chi connectivity index (χ0) is 15.4. The van der Waals surface area contributed by atoms with Crippen LogP contribution in [0, 0.1) is 0 Å². The Kier molecular flexibility index (Phi) is 4.68. The molecule has 1 aromatic heterocycles. The van der Waals surface area contributed by atoms with E-state index in [1.807, 2.05) is 37.3 Å². The summed E-state index contributed by atoms with van der Waals surface area (Å²) < 4.78 is 5.57. The molecule has 0 spiro atoms. The summed E-state index contributed by atoms with van der Waals surface area (Å²) in [5.74, 6) is 0.868. The molecule has 1 aliphatic rings. The standard InChI is InChI=1S/C18H22N2O2/c1-2-7-15(21)17-16(12-14-10-6-11-19-14)22-20-18(17)13-8-4-3-5-9-13/h3-5,8-9,14,19H,2,6-7,10-12H2,1H3. The van der Waals surface area contributed by atoms with E-state index in [0.717, 1.165) is 37.1 Å². The fourth-order valence-corrected chi connectivity index (χ4v) is 3.05. The molecule has 0 saturated carbocycles. The number of hydrogen-bond donors (Lipinski definition) is 1. The Hall–Kier alpha value is -1.94. The third-order valence-electron chi connectivity index (χ3n) is 4.16. The third-order valence-corrected chi connectivity index (χ3v) is 4.16. The maximum Gasteiger partial charge on any atom is 0.168 e. The van der Waals surface area contributed by atoms with Crippen LogP contribution >= 0.6 is 0 Å². The summed E-state index contributed by atoms with van der Waals surface area (Å²) in [6.45, 7) is 3.06. The van der Waals surface area contributed by atoms with Crippen LogP contribution < -0.4 is 5.32 Å². The van der Waals surface area contributed by atoms with E-state index in [1.165, 1.54) is 6.42 Å². The Morgan fingerprint density at radius 3 is 2.86 bits per heavy atom. The van der Waals surface area contributed by atoms with Crippen molar-refractivity contribution in [2.75, 3.05) is 6.54 Å². The number of carbonyl (C=O) groups is 1. The monoisotopic (exact) mass is 298 g/mol. The van der Waals surface area contributed by atoms with Crippen molar-refractivity contribution in [3.8, 4) is 11.3 Å². The summed E-state index contributed by atoms with van der Waals surface area (Å²) in [5.41, 5.74) is 2.31. The first kappa shape index (κ1) is 15.0. The molecule has 3 rings (SSSR count). The summed E-state index contributed by atoms with van der Waals surface area (Å²) in [4.78, 5) is 12.6. The van der Waals surface area contributed by atoms with Crippen molar-refractivity contribution in [2.45, 2.75) is 45.1 Å². The lowest BCUT2D eigenvalue weighted by Crippen LogP contribution is -2.24. The smallest absolute Gasteiger partial charge is 0.168 e. The molecule has 1 N–H and O–H groups in total. The Labute approximate surface area is 130 Å². The van der Waals surface area contributed by atoms with Crippen molar-refractivity contribution >= 4 is 5.78 Å². The number of benzene rings is 1. The predicted molar refractivity (Wildman–Crippen MR) is 85.9 cm³/mol. The van der Waals surface area contributed by atoms with E-state index in [2.05, 4.69) is 10.5 Å². The first-order valence-electron chi connectivity index (χ1n) is 8.10. The molecule has 1 saturated heterocycles. The summed E-state index contributed by atoms with van der Waals surface area (Å²) >= 11 is 0. The molecular formula is C18H22N2O2. The first-order valence-corrected chi connectivity index (χ1v) is 8.10. The van der Waals surface area contributed by atoms with Gasteiger partial charge in [0.25, 0.3) is 0 Å². The zero-order valence-electron chi connectivity index (χ0n) is 13.0. The van der Waals surface area contributed by atoms with Crippen molar-refractivity contribution in [3.63, 3.8) is 0 Å². The van der Waals surface area contributed by atoms with Gasteiger partial charge in [-0.1, -0.05) is 42.4 Å². The molecule has 0 aliphatic carbocycles. The lowest BCUT2D eigenvalue weighted by atomic mass is 9.97. The zero-order valence-corrected chi connectivity index (χ0v) is 13.0. The summed E-state index contributed by atoms with van der Waals surface area (Å²) in [7, 11) is 0. The van der Waals surface area contributed by atoms with Gasteiger partial charge in [-0.05, 0) is 25.8 Å². The van der Waals surface area contributed by atoms with Gasteiger partial charge in [0, 0.05) is 24.4 Å². The van der Waals surface area contributed by atoms with E-state index in [9.17, 15) is 4.79 Å². The van der Waals surface area contributed by atoms with Gasteiger partial charge >= 0.3 is 0 Å². The van der Waals surface area contributed by atoms with Gasteiger partial charge in [-0.25, -0.2) is 0 Å². The van der Waals surface area contributed by atoms with E-state index in [0.29, 0.717) is 23.7 Å². The normalized spacial score (nSPS) is 17.8. The Morgan fingerprint density at radius 1 is 1.36 bits per heavy atom. The molecule has 1 aromatic carbocycles. The molecule has 0 radical (unpaired) electrons. The van der Waals surface area contributed by atoms with Gasteiger partial charge in [0.05, 0.1) is 5.56 Å². The summed E-state index contributed by atoms with van der Waals surface area (Å²) in [6.07, 6.45) is 4.42. The Morgan fingerprint density at radius 2 is 2.18 bits per heavy atom. The second-order valence-corrected chi connectivity index (χ2v) is 5.87. The maximum absolute atomic E-state index is 12.6. The molecule has 0 amide bonds. The lowest BCUT2D eigenvalue weighted by molar-refractivity contribution is 0.0980. The van der Waals surface area contributed by atoms with E-state index >= 15 is 0 Å². The fourth-order valence-electron chi connectivity index (χ4n) is 3.05. The van der Waals surface area contributed by atoms with Crippen LogP contribution in [0.4, 0.5) is 0 Å². The van der Waals surface area contributed by atoms with Crippen LogP contribution in [0.25, 0.3) is 11.3 Å². The highest BCUT2D eigenvalue weighted by Gasteiger charge is 2.26. The average molecular weight is 298 g/mol. The second-order valence-electron chi connectivity index (χ2n) is 5.87. The van der Waals surface area contributed by atoms with Crippen molar-refractivity contribution in [1.82, 2.24) is 10.5 Å². The highest BCUT2D eigenvalue weighted by Crippen LogP contribution is 2.28. The molecule has 22 heavy (non-hydrogen) atoms. The number of nitrogens with zero attached hydrogens (tertiary/aromatic N) is 1. The minimum absolute atomic E-state index is 0.135. The maximum atomic E-state index is 12.6. The predicted octanol–water partition coefficient (Wildman–Crippen LogP) is 3.62. The topological polar surface area (TPSA) is 55.1 Å². The van der Waals surface area contributed by atoms with Crippen LogP contribution in [-0.2, 0) is 6.42 Å².